The molecule has 1 aliphatic heterocycles. The molecule has 0 spiro atoms. The van der Waals surface area contributed by atoms with E-state index < -0.39 is 0 Å². The molecule has 3 rings (SSSR count). The number of amides is 1. The molecule has 0 aromatic heterocycles. The number of benzene rings is 1. The smallest absolute Gasteiger partial charge is 0.253 e. The SMILES string of the molecule is O=C(c1ccc(NC(=S)NC2CCCC2)cc1)N1CCCCC1. The fraction of sp³-hybridized carbons (Fsp3) is 0.556. The molecular weight excluding hydrogens is 306 g/mol. The number of thiocarbonyl (C=S) groups is 1. The molecule has 0 bridgehead atoms. The average molecular weight is 331 g/mol. The van der Waals surface area contributed by atoms with Gasteiger partial charge in [-0.25, -0.2) is 0 Å². The van der Waals surface area contributed by atoms with Crippen LogP contribution in [0.25, 0.3) is 0 Å². The first kappa shape index (κ1) is 16.2. The quantitative estimate of drug-likeness (QED) is 0.832. The summed E-state index contributed by atoms with van der Waals surface area (Å²) in [4.78, 5) is 14.4. The lowest BCUT2D eigenvalue weighted by Crippen LogP contribution is -2.36. The van der Waals surface area contributed by atoms with Crippen LogP contribution in [-0.2, 0) is 0 Å². The molecular formula is C18H25N3OS. The van der Waals surface area contributed by atoms with Gasteiger partial charge in [0, 0.05) is 30.4 Å². The minimum absolute atomic E-state index is 0.142. The van der Waals surface area contributed by atoms with Crippen molar-refractivity contribution in [3.63, 3.8) is 0 Å². The number of nitrogens with one attached hydrogen (secondary N) is 2. The molecule has 124 valence electrons. The largest absolute Gasteiger partial charge is 0.360 e. The maximum atomic E-state index is 12.4. The van der Waals surface area contributed by atoms with E-state index in [9.17, 15) is 4.79 Å². The summed E-state index contributed by atoms with van der Waals surface area (Å²) >= 11 is 5.36. The maximum absolute atomic E-state index is 12.4. The number of carbonyl (C=O) groups excluding carboxylic acids is 1. The van der Waals surface area contributed by atoms with Crippen molar-refractivity contribution in [3.05, 3.63) is 29.8 Å². The molecule has 1 saturated heterocycles. The number of anilines is 1. The van der Waals surface area contributed by atoms with Crippen LogP contribution in [0.1, 0.15) is 55.3 Å². The van der Waals surface area contributed by atoms with Crippen LogP contribution in [0, 0.1) is 0 Å². The normalized spacial score (nSPS) is 18.7. The zero-order valence-corrected chi connectivity index (χ0v) is 14.3. The van der Waals surface area contributed by atoms with E-state index in [1.807, 2.05) is 29.2 Å². The molecule has 2 aliphatic rings. The van der Waals surface area contributed by atoms with E-state index in [4.69, 9.17) is 12.2 Å². The monoisotopic (exact) mass is 331 g/mol. The third kappa shape index (κ3) is 4.44. The predicted molar refractivity (Wildman–Crippen MR) is 97.8 cm³/mol. The number of hydrogen-bond acceptors (Lipinski definition) is 2. The lowest BCUT2D eigenvalue weighted by atomic mass is 10.1. The first-order valence-corrected chi connectivity index (χ1v) is 9.10. The van der Waals surface area contributed by atoms with Crippen molar-refractivity contribution in [3.8, 4) is 0 Å². The van der Waals surface area contributed by atoms with E-state index in [0.717, 1.165) is 37.2 Å². The second-order valence-corrected chi connectivity index (χ2v) is 6.92. The lowest BCUT2D eigenvalue weighted by Gasteiger charge is -2.26. The van der Waals surface area contributed by atoms with Gasteiger partial charge in [-0.15, -0.1) is 0 Å². The minimum atomic E-state index is 0.142. The minimum Gasteiger partial charge on any atom is -0.360 e. The number of hydrogen-bond donors (Lipinski definition) is 2. The molecule has 0 unspecified atom stereocenters. The summed E-state index contributed by atoms with van der Waals surface area (Å²) in [5, 5.41) is 7.24. The van der Waals surface area contributed by atoms with Crippen molar-refractivity contribution in [2.45, 2.75) is 51.0 Å². The standard InChI is InChI=1S/C18H25N3OS/c22-17(21-12-4-1-5-13-21)14-8-10-16(11-9-14)20-18(23)19-15-6-2-3-7-15/h8-11,15H,1-7,12-13H2,(H2,19,20,23). The van der Waals surface area contributed by atoms with Crippen molar-refractivity contribution in [2.75, 3.05) is 18.4 Å². The third-order valence-corrected chi connectivity index (χ3v) is 4.94. The molecule has 23 heavy (non-hydrogen) atoms. The first-order valence-electron chi connectivity index (χ1n) is 8.69. The Hall–Kier alpha value is -1.62. The third-order valence-electron chi connectivity index (χ3n) is 4.72. The second-order valence-electron chi connectivity index (χ2n) is 6.51. The van der Waals surface area contributed by atoms with E-state index in [1.54, 1.807) is 0 Å². The lowest BCUT2D eigenvalue weighted by molar-refractivity contribution is 0.0724. The van der Waals surface area contributed by atoms with Gasteiger partial charge >= 0.3 is 0 Å². The topological polar surface area (TPSA) is 44.4 Å². The van der Waals surface area contributed by atoms with Gasteiger partial charge < -0.3 is 15.5 Å². The van der Waals surface area contributed by atoms with Crippen LogP contribution in [0.2, 0.25) is 0 Å². The second kappa shape index (κ2) is 7.77. The molecule has 5 heteroatoms. The van der Waals surface area contributed by atoms with Crippen LogP contribution in [0.3, 0.4) is 0 Å². The summed E-state index contributed by atoms with van der Waals surface area (Å²) in [7, 11) is 0. The highest BCUT2D eigenvalue weighted by atomic mass is 32.1. The molecule has 1 aromatic carbocycles. The van der Waals surface area contributed by atoms with Crippen LogP contribution < -0.4 is 10.6 Å². The van der Waals surface area contributed by atoms with E-state index in [2.05, 4.69) is 10.6 Å². The van der Waals surface area contributed by atoms with Crippen LogP contribution >= 0.6 is 12.2 Å². The van der Waals surface area contributed by atoms with Crippen LogP contribution in [0.4, 0.5) is 5.69 Å². The van der Waals surface area contributed by atoms with Crippen LogP contribution in [0.5, 0.6) is 0 Å². The van der Waals surface area contributed by atoms with E-state index in [-0.39, 0.29) is 5.91 Å². The summed E-state index contributed by atoms with van der Waals surface area (Å²) in [6.45, 7) is 1.77. The number of rotatable bonds is 3. The number of nitrogens with zero attached hydrogens (tertiary/aromatic N) is 1. The fourth-order valence-corrected chi connectivity index (χ4v) is 3.68. The molecule has 0 atom stereocenters. The first-order chi connectivity index (χ1) is 11.2. The Morgan fingerprint density at radius 2 is 1.65 bits per heavy atom. The Kier molecular flexibility index (Phi) is 5.49. The van der Waals surface area contributed by atoms with Gasteiger partial charge in [-0.05, 0) is 68.6 Å². The van der Waals surface area contributed by atoms with Gasteiger partial charge in [-0.3, -0.25) is 4.79 Å². The predicted octanol–water partition coefficient (Wildman–Crippen LogP) is 3.54. The number of piperidine rings is 1. The fourth-order valence-electron chi connectivity index (χ4n) is 3.40. The zero-order chi connectivity index (χ0) is 16.1. The van der Waals surface area contributed by atoms with Gasteiger partial charge in [0.25, 0.3) is 5.91 Å². The highest BCUT2D eigenvalue weighted by Gasteiger charge is 2.18. The van der Waals surface area contributed by atoms with Crippen molar-refractivity contribution in [1.82, 2.24) is 10.2 Å². The molecule has 1 heterocycles. The Morgan fingerprint density at radius 3 is 2.30 bits per heavy atom. The molecule has 4 nitrogen and oxygen atoms in total. The maximum Gasteiger partial charge on any atom is 0.253 e. The Morgan fingerprint density at radius 1 is 1.00 bits per heavy atom. The van der Waals surface area contributed by atoms with Gasteiger partial charge in [-0.2, -0.15) is 0 Å². The Balaban J connectivity index is 1.53. The molecule has 1 aliphatic carbocycles. The zero-order valence-electron chi connectivity index (χ0n) is 13.5. The molecule has 0 radical (unpaired) electrons. The molecule has 1 amide bonds. The van der Waals surface area contributed by atoms with E-state index in [0.29, 0.717) is 11.2 Å². The summed E-state index contributed by atoms with van der Waals surface area (Å²) in [5.74, 6) is 0.142. The Labute approximate surface area is 143 Å². The summed E-state index contributed by atoms with van der Waals surface area (Å²) in [5.41, 5.74) is 1.68. The Bertz CT molecular complexity index is 546. The molecule has 2 N–H and O–H groups in total. The van der Waals surface area contributed by atoms with Crippen molar-refractivity contribution in [2.24, 2.45) is 0 Å². The number of carbonyl (C=O) groups is 1. The van der Waals surface area contributed by atoms with Gasteiger partial charge in [0.1, 0.15) is 0 Å². The summed E-state index contributed by atoms with van der Waals surface area (Å²) in [6.07, 6.45) is 8.44. The van der Waals surface area contributed by atoms with Gasteiger partial charge in [0.15, 0.2) is 5.11 Å². The van der Waals surface area contributed by atoms with E-state index >= 15 is 0 Å². The van der Waals surface area contributed by atoms with Gasteiger partial charge in [0.05, 0.1) is 0 Å². The highest BCUT2D eigenvalue weighted by Crippen LogP contribution is 2.18. The molecule has 2 fully saturated rings. The van der Waals surface area contributed by atoms with Crippen molar-refractivity contribution < 1.29 is 4.79 Å². The summed E-state index contributed by atoms with van der Waals surface area (Å²) < 4.78 is 0. The molecule has 1 saturated carbocycles. The molecule has 1 aromatic rings. The average Bonchev–Trinajstić information content (AvgIpc) is 3.08. The van der Waals surface area contributed by atoms with Crippen LogP contribution in [0.15, 0.2) is 24.3 Å². The van der Waals surface area contributed by atoms with Gasteiger partial charge in [-0.1, -0.05) is 12.8 Å². The van der Waals surface area contributed by atoms with Crippen LogP contribution in [-0.4, -0.2) is 35.1 Å². The van der Waals surface area contributed by atoms with Crippen molar-refractivity contribution in [1.29, 1.82) is 0 Å². The number of likely N-dealkylation sites (tertiary alicyclic amines) is 1. The van der Waals surface area contributed by atoms with Crippen molar-refractivity contribution >= 4 is 28.9 Å². The van der Waals surface area contributed by atoms with Gasteiger partial charge in [0.2, 0.25) is 0 Å². The van der Waals surface area contributed by atoms with E-state index in [1.165, 1.54) is 32.1 Å². The highest BCUT2D eigenvalue weighted by molar-refractivity contribution is 7.80. The summed E-state index contributed by atoms with van der Waals surface area (Å²) in [6, 6.07) is 8.14.